The maximum absolute atomic E-state index is 12.1. The SMILES string of the molecule is Cc1cc(NC(=O)CSCC(=O)OCC(=O)N2C[C@@H](C)O[C@@H](C)C2)no1. The van der Waals surface area contributed by atoms with E-state index in [1.54, 1.807) is 17.9 Å². The molecular weight excluding hydrogens is 362 g/mol. The molecule has 0 aromatic carbocycles. The number of carbonyl (C=O) groups excluding carboxylic acids is 3. The van der Waals surface area contributed by atoms with Crippen LogP contribution >= 0.6 is 11.8 Å². The average molecular weight is 385 g/mol. The van der Waals surface area contributed by atoms with Gasteiger partial charge < -0.3 is 24.2 Å². The van der Waals surface area contributed by atoms with E-state index in [9.17, 15) is 14.4 Å². The van der Waals surface area contributed by atoms with Gasteiger partial charge in [-0.1, -0.05) is 5.16 Å². The molecule has 2 amide bonds. The average Bonchev–Trinajstić information content (AvgIpc) is 2.96. The number of nitrogens with zero attached hydrogens (tertiary/aromatic N) is 2. The van der Waals surface area contributed by atoms with Crippen LogP contribution in [0.2, 0.25) is 0 Å². The molecule has 2 atom stereocenters. The summed E-state index contributed by atoms with van der Waals surface area (Å²) in [6, 6.07) is 1.59. The number of hydrogen-bond acceptors (Lipinski definition) is 8. The highest BCUT2D eigenvalue weighted by Gasteiger charge is 2.26. The summed E-state index contributed by atoms with van der Waals surface area (Å²) < 4.78 is 15.4. The van der Waals surface area contributed by atoms with Crippen molar-refractivity contribution in [2.45, 2.75) is 33.0 Å². The quantitative estimate of drug-likeness (QED) is 0.687. The summed E-state index contributed by atoms with van der Waals surface area (Å²) in [5.41, 5.74) is 0. The van der Waals surface area contributed by atoms with E-state index in [4.69, 9.17) is 14.0 Å². The lowest BCUT2D eigenvalue weighted by atomic mass is 10.2. The van der Waals surface area contributed by atoms with Gasteiger partial charge in [0.2, 0.25) is 5.91 Å². The third-order valence-electron chi connectivity index (χ3n) is 3.48. The molecule has 0 bridgehead atoms. The molecule has 10 heteroatoms. The summed E-state index contributed by atoms with van der Waals surface area (Å²) in [6.45, 7) is 6.17. The van der Waals surface area contributed by atoms with Crippen molar-refractivity contribution < 1.29 is 28.4 Å². The van der Waals surface area contributed by atoms with Crippen LogP contribution in [0.5, 0.6) is 0 Å². The maximum Gasteiger partial charge on any atom is 0.316 e. The van der Waals surface area contributed by atoms with Gasteiger partial charge in [-0.2, -0.15) is 0 Å². The lowest BCUT2D eigenvalue weighted by Gasteiger charge is -2.35. The number of amides is 2. The third-order valence-corrected chi connectivity index (χ3v) is 4.38. The summed E-state index contributed by atoms with van der Waals surface area (Å²) in [6.07, 6.45) is -0.0815. The van der Waals surface area contributed by atoms with Crippen LogP contribution in [0, 0.1) is 6.92 Å². The number of aryl methyl sites for hydroxylation is 1. The first-order chi connectivity index (χ1) is 12.3. The number of esters is 1. The molecular formula is C16H23N3O6S. The zero-order chi connectivity index (χ0) is 19.1. The molecule has 144 valence electrons. The minimum Gasteiger partial charge on any atom is -0.455 e. The molecule has 1 aromatic rings. The number of hydrogen-bond donors (Lipinski definition) is 1. The van der Waals surface area contributed by atoms with Gasteiger partial charge in [-0.05, 0) is 20.8 Å². The van der Waals surface area contributed by atoms with Crippen LogP contribution in [0.25, 0.3) is 0 Å². The zero-order valence-corrected chi connectivity index (χ0v) is 15.8. The maximum atomic E-state index is 12.1. The van der Waals surface area contributed by atoms with Crippen molar-refractivity contribution in [3.05, 3.63) is 11.8 Å². The minimum absolute atomic E-state index is 0.0194. The highest BCUT2D eigenvalue weighted by atomic mass is 32.2. The minimum atomic E-state index is -0.539. The van der Waals surface area contributed by atoms with E-state index in [0.29, 0.717) is 24.7 Å². The molecule has 1 aliphatic rings. The Labute approximate surface area is 155 Å². The fourth-order valence-electron chi connectivity index (χ4n) is 2.49. The standard InChI is InChI=1S/C16H23N3O6S/c1-10-4-13(18-25-10)17-14(20)8-26-9-16(22)23-7-15(21)19-5-11(2)24-12(3)6-19/h4,11-12H,5-9H2,1-3H3,(H,17,18,20)/t11-,12+. The van der Waals surface area contributed by atoms with E-state index in [-0.39, 0.29) is 42.1 Å². The molecule has 1 saturated heterocycles. The molecule has 0 spiro atoms. The van der Waals surface area contributed by atoms with Crippen LogP contribution in [0.1, 0.15) is 19.6 Å². The van der Waals surface area contributed by atoms with Gasteiger partial charge in [-0.25, -0.2) is 0 Å². The Morgan fingerprint density at radius 3 is 2.62 bits per heavy atom. The Balaban J connectivity index is 1.61. The first-order valence-electron chi connectivity index (χ1n) is 8.23. The number of aromatic nitrogens is 1. The van der Waals surface area contributed by atoms with Crippen LogP contribution in [-0.4, -0.2) is 71.3 Å². The Hall–Kier alpha value is -2.07. The molecule has 26 heavy (non-hydrogen) atoms. The van der Waals surface area contributed by atoms with Crippen molar-refractivity contribution >= 4 is 35.4 Å². The van der Waals surface area contributed by atoms with Gasteiger partial charge in [0, 0.05) is 19.2 Å². The van der Waals surface area contributed by atoms with E-state index < -0.39 is 5.97 Å². The van der Waals surface area contributed by atoms with Crippen LogP contribution in [-0.2, 0) is 23.9 Å². The van der Waals surface area contributed by atoms with Crippen molar-refractivity contribution in [3.8, 4) is 0 Å². The van der Waals surface area contributed by atoms with Gasteiger partial charge >= 0.3 is 5.97 Å². The van der Waals surface area contributed by atoms with Crippen LogP contribution < -0.4 is 5.32 Å². The van der Waals surface area contributed by atoms with E-state index in [1.807, 2.05) is 13.8 Å². The second kappa shape index (κ2) is 9.58. The monoisotopic (exact) mass is 385 g/mol. The van der Waals surface area contributed by atoms with Gasteiger partial charge in [0.25, 0.3) is 5.91 Å². The first-order valence-corrected chi connectivity index (χ1v) is 9.38. The summed E-state index contributed by atoms with van der Waals surface area (Å²) in [7, 11) is 0. The Kier molecular flexibility index (Phi) is 7.46. The molecule has 1 aromatic heterocycles. The van der Waals surface area contributed by atoms with Crippen molar-refractivity contribution in [3.63, 3.8) is 0 Å². The van der Waals surface area contributed by atoms with E-state index in [1.165, 1.54) is 0 Å². The van der Waals surface area contributed by atoms with Gasteiger partial charge in [-0.15, -0.1) is 11.8 Å². The second-order valence-corrected chi connectivity index (χ2v) is 7.07. The third kappa shape index (κ3) is 6.68. The highest BCUT2D eigenvalue weighted by molar-refractivity contribution is 8.00. The summed E-state index contributed by atoms with van der Waals surface area (Å²) in [5.74, 6) is -0.127. The van der Waals surface area contributed by atoms with Crippen LogP contribution in [0.4, 0.5) is 5.82 Å². The normalized spacial score (nSPS) is 19.9. The highest BCUT2D eigenvalue weighted by Crippen LogP contribution is 2.11. The molecule has 2 rings (SSSR count). The molecule has 1 fully saturated rings. The summed E-state index contributed by atoms with van der Waals surface area (Å²) in [5, 5.41) is 6.19. The molecule has 0 unspecified atom stereocenters. The van der Waals surface area contributed by atoms with Crippen LogP contribution in [0.3, 0.4) is 0 Å². The predicted octanol–water partition coefficient (Wildman–Crippen LogP) is 0.834. The van der Waals surface area contributed by atoms with Crippen LogP contribution in [0.15, 0.2) is 10.6 Å². The predicted molar refractivity (Wildman–Crippen MR) is 94.7 cm³/mol. The van der Waals surface area contributed by atoms with E-state index in [2.05, 4.69) is 10.5 Å². The Morgan fingerprint density at radius 2 is 2.00 bits per heavy atom. The number of rotatable bonds is 7. The van der Waals surface area contributed by atoms with Gasteiger partial charge in [0.15, 0.2) is 12.4 Å². The van der Waals surface area contributed by atoms with E-state index >= 15 is 0 Å². The fraction of sp³-hybridized carbons (Fsp3) is 0.625. The van der Waals surface area contributed by atoms with Gasteiger partial charge in [0.05, 0.1) is 23.7 Å². The lowest BCUT2D eigenvalue weighted by Crippen LogP contribution is -2.49. The number of ether oxygens (including phenoxy) is 2. The number of morpholine rings is 1. The Bertz CT molecular complexity index is 640. The molecule has 1 aliphatic heterocycles. The smallest absolute Gasteiger partial charge is 0.316 e. The van der Waals surface area contributed by atoms with Gasteiger partial charge in [0.1, 0.15) is 5.76 Å². The van der Waals surface area contributed by atoms with E-state index in [0.717, 1.165) is 11.8 Å². The number of carbonyl (C=O) groups is 3. The van der Waals surface area contributed by atoms with Crippen molar-refractivity contribution in [1.82, 2.24) is 10.1 Å². The zero-order valence-electron chi connectivity index (χ0n) is 15.0. The number of nitrogens with one attached hydrogen (secondary N) is 1. The molecule has 9 nitrogen and oxygen atoms in total. The molecule has 2 heterocycles. The topological polar surface area (TPSA) is 111 Å². The molecule has 0 saturated carbocycles. The second-order valence-electron chi connectivity index (χ2n) is 6.08. The van der Waals surface area contributed by atoms with Crippen molar-refractivity contribution in [2.75, 3.05) is 36.5 Å². The van der Waals surface area contributed by atoms with Crippen molar-refractivity contribution in [1.29, 1.82) is 0 Å². The molecule has 0 aliphatic carbocycles. The summed E-state index contributed by atoms with van der Waals surface area (Å²) in [4.78, 5) is 37.1. The Morgan fingerprint density at radius 1 is 1.31 bits per heavy atom. The fourth-order valence-corrected chi connectivity index (χ4v) is 3.10. The molecule has 0 radical (unpaired) electrons. The first kappa shape index (κ1) is 20.2. The number of thioether (sulfide) groups is 1. The van der Waals surface area contributed by atoms with Crippen molar-refractivity contribution in [2.24, 2.45) is 0 Å². The largest absolute Gasteiger partial charge is 0.455 e. The molecule has 1 N–H and O–H groups in total. The lowest BCUT2D eigenvalue weighted by molar-refractivity contribution is -0.155. The van der Waals surface area contributed by atoms with Gasteiger partial charge in [-0.3, -0.25) is 14.4 Å². The summed E-state index contributed by atoms with van der Waals surface area (Å²) >= 11 is 1.09. The number of anilines is 1.